The van der Waals surface area contributed by atoms with Crippen molar-refractivity contribution >= 4 is 17.0 Å². The molecule has 3 N–H and O–H groups in total. The van der Waals surface area contributed by atoms with Crippen molar-refractivity contribution in [3.63, 3.8) is 0 Å². The van der Waals surface area contributed by atoms with Crippen LogP contribution in [0.15, 0.2) is 53.5 Å². The Labute approximate surface area is 178 Å². The molecular weight excluding hydrogens is 407 g/mol. The lowest BCUT2D eigenvalue weighted by Crippen LogP contribution is -2.37. The second kappa shape index (κ2) is 10.8. The molecule has 0 saturated carbocycles. The summed E-state index contributed by atoms with van der Waals surface area (Å²) in [5.74, 6) is 1.65. The van der Waals surface area contributed by atoms with Crippen LogP contribution in [0.25, 0.3) is 11.0 Å². The molecule has 0 amide bonds. The number of halogens is 3. The normalized spacial score (nSPS) is 12.3. The van der Waals surface area contributed by atoms with Crippen LogP contribution in [-0.4, -0.2) is 42.3 Å². The molecule has 2 aromatic carbocycles. The van der Waals surface area contributed by atoms with E-state index in [1.165, 1.54) is 0 Å². The molecule has 31 heavy (non-hydrogen) atoms. The van der Waals surface area contributed by atoms with Crippen molar-refractivity contribution in [2.24, 2.45) is 4.99 Å². The third-order valence-electron chi connectivity index (χ3n) is 4.56. The van der Waals surface area contributed by atoms with E-state index in [-0.39, 0.29) is 6.61 Å². The molecule has 0 bridgehead atoms. The summed E-state index contributed by atoms with van der Waals surface area (Å²) in [6.07, 6.45) is -2.58. The molecule has 0 saturated heterocycles. The first kappa shape index (κ1) is 22.6. The van der Waals surface area contributed by atoms with Crippen molar-refractivity contribution in [2.75, 3.05) is 20.2 Å². The van der Waals surface area contributed by atoms with Crippen molar-refractivity contribution in [3.05, 3.63) is 65.5 Å². The van der Waals surface area contributed by atoms with E-state index < -0.39 is 12.8 Å². The van der Waals surface area contributed by atoms with Crippen molar-refractivity contribution in [1.82, 2.24) is 20.6 Å². The summed E-state index contributed by atoms with van der Waals surface area (Å²) >= 11 is 0. The molecule has 0 aliphatic rings. The van der Waals surface area contributed by atoms with E-state index in [1.807, 2.05) is 36.4 Å². The zero-order chi connectivity index (χ0) is 22.1. The second-order valence-electron chi connectivity index (χ2n) is 7.08. The maximum Gasteiger partial charge on any atom is 0.411 e. The van der Waals surface area contributed by atoms with Crippen molar-refractivity contribution in [3.8, 4) is 0 Å². The average Bonchev–Trinajstić information content (AvgIpc) is 3.16. The molecule has 0 radical (unpaired) electrons. The largest absolute Gasteiger partial charge is 0.411 e. The highest BCUT2D eigenvalue weighted by atomic mass is 19.4. The summed E-state index contributed by atoms with van der Waals surface area (Å²) < 4.78 is 41.0. The highest BCUT2D eigenvalue weighted by molar-refractivity contribution is 5.79. The quantitative estimate of drug-likeness (QED) is 0.272. The Morgan fingerprint density at radius 3 is 2.52 bits per heavy atom. The Balaban J connectivity index is 1.36. The Kier molecular flexibility index (Phi) is 7.88. The number of guanidine groups is 1. The predicted octanol–water partition coefficient (Wildman–Crippen LogP) is 3.94. The van der Waals surface area contributed by atoms with Gasteiger partial charge in [0.25, 0.3) is 0 Å². The van der Waals surface area contributed by atoms with Gasteiger partial charge >= 0.3 is 6.18 Å². The van der Waals surface area contributed by atoms with Crippen LogP contribution in [0.2, 0.25) is 0 Å². The van der Waals surface area contributed by atoms with E-state index in [0.717, 1.165) is 41.8 Å². The minimum atomic E-state index is -4.31. The Bertz CT molecular complexity index is 950. The van der Waals surface area contributed by atoms with Crippen LogP contribution < -0.4 is 10.6 Å². The molecule has 3 rings (SSSR count). The number of para-hydroxylation sites is 2. The average molecular weight is 433 g/mol. The van der Waals surface area contributed by atoms with Crippen LogP contribution in [0.3, 0.4) is 0 Å². The van der Waals surface area contributed by atoms with E-state index in [4.69, 9.17) is 0 Å². The zero-order valence-electron chi connectivity index (χ0n) is 17.3. The van der Waals surface area contributed by atoms with E-state index in [2.05, 4.69) is 30.3 Å². The van der Waals surface area contributed by atoms with Gasteiger partial charge in [0, 0.05) is 26.6 Å². The number of alkyl halides is 3. The monoisotopic (exact) mass is 433 g/mol. The number of fused-ring (bicyclic) bond motifs is 1. The third kappa shape index (κ3) is 7.60. The summed E-state index contributed by atoms with van der Waals surface area (Å²) in [6, 6.07) is 15.2. The molecule has 0 aliphatic heterocycles. The molecule has 0 atom stereocenters. The predicted molar refractivity (Wildman–Crippen MR) is 115 cm³/mol. The number of hydrogen-bond acceptors (Lipinski definition) is 3. The van der Waals surface area contributed by atoms with Crippen molar-refractivity contribution in [2.45, 2.75) is 32.2 Å². The molecule has 166 valence electrons. The van der Waals surface area contributed by atoms with Gasteiger partial charge in [0.05, 0.1) is 17.6 Å². The van der Waals surface area contributed by atoms with Gasteiger partial charge in [-0.25, -0.2) is 4.98 Å². The van der Waals surface area contributed by atoms with Gasteiger partial charge in [-0.1, -0.05) is 36.4 Å². The van der Waals surface area contributed by atoms with E-state index in [1.54, 1.807) is 19.2 Å². The number of benzene rings is 2. The molecule has 3 aromatic rings. The van der Waals surface area contributed by atoms with Crippen LogP contribution in [-0.2, 0) is 24.3 Å². The maximum absolute atomic E-state index is 12.1. The summed E-state index contributed by atoms with van der Waals surface area (Å²) in [6.45, 7) is -0.0184. The number of aliphatic imine (C=N–C) groups is 1. The lowest BCUT2D eigenvalue weighted by atomic mass is 10.1. The fraction of sp³-hybridized carbons (Fsp3) is 0.364. The van der Waals surface area contributed by atoms with E-state index >= 15 is 0 Å². The van der Waals surface area contributed by atoms with Gasteiger partial charge in [-0.05, 0) is 29.7 Å². The molecular formula is C22H26F3N5O. The Morgan fingerprint density at radius 1 is 1.06 bits per heavy atom. The molecule has 1 heterocycles. The SMILES string of the molecule is CN=C(NCCCc1nc2ccccc2[nH]1)NCc1ccc(COCC(F)(F)F)cc1. The smallest absolute Gasteiger partial charge is 0.367 e. The maximum atomic E-state index is 12.1. The first-order valence-corrected chi connectivity index (χ1v) is 10.0. The van der Waals surface area contributed by atoms with Crippen molar-refractivity contribution in [1.29, 1.82) is 0 Å². The molecule has 0 unspecified atom stereocenters. The number of nitrogens with zero attached hydrogens (tertiary/aromatic N) is 2. The fourth-order valence-electron chi connectivity index (χ4n) is 3.03. The Morgan fingerprint density at radius 2 is 1.81 bits per heavy atom. The number of aromatic amines is 1. The minimum absolute atomic E-state index is 0.0678. The zero-order valence-corrected chi connectivity index (χ0v) is 17.3. The van der Waals surface area contributed by atoms with E-state index in [0.29, 0.717) is 18.1 Å². The van der Waals surface area contributed by atoms with Gasteiger partial charge in [0.2, 0.25) is 0 Å². The number of aromatic nitrogens is 2. The fourth-order valence-corrected chi connectivity index (χ4v) is 3.03. The molecule has 9 heteroatoms. The lowest BCUT2D eigenvalue weighted by molar-refractivity contribution is -0.176. The number of nitrogens with one attached hydrogen (secondary N) is 3. The number of ether oxygens (including phenoxy) is 1. The van der Waals surface area contributed by atoms with Gasteiger partial charge in [-0.15, -0.1) is 0 Å². The number of rotatable bonds is 9. The number of aryl methyl sites for hydroxylation is 1. The summed E-state index contributed by atoms with van der Waals surface area (Å²) in [5.41, 5.74) is 3.70. The molecule has 0 spiro atoms. The molecule has 1 aromatic heterocycles. The van der Waals surface area contributed by atoms with Gasteiger partial charge in [-0.2, -0.15) is 13.2 Å². The molecule has 0 aliphatic carbocycles. The van der Waals surface area contributed by atoms with Crippen molar-refractivity contribution < 1.29 is 17.9 Å². The summed E-state index contributed by atoms with van der Waals surface area (Å²) in [7, 11) is 1.70. The standard InChI is InChI=1S/C22H26F3N5O/c1-26-21(27-12-4-7-20-29-18-5-2-3-6-19(18)30-20)28-13-16-8-10-17(11-9-16)14-31-15-22(23,24)25/h2-3,5-6,8-11H,4,7,12-15H2,1H3,(H,29,30)(H2,26,27,28). The van der Waals surface area contributed by atoms with Crippen LogP contribution in [0, 0.1) is 0 Å². The lowest BCUT2D eigenvalue weighted by Gasteiger charge is -2.12. The number of imidazole rings is 1. The minimum Gasteiger partial charge on any atom is -0.367 e. The van der Waals surface area contributed by atoms with Gasteiger partial charge < -0.3 is 20.4 Å². The molecule has 0 fully saturated rings. The van der Waals surface area contributed by atoms with Gasteiger partial charge in [-0.3, -0.25) is 4.99 Å². The Hall–Kier alpha value is -3.07. The first-order chi connectivity index (χ1) is 14.9. The summed E-state index contributed by atoms with van der Waals surface area (Å²) in [5, 5.41) is 6.49. The molecule has 6 nitrogen and oxygen atoms in total. The highest BCUT2D eigenvalue weighted by Gasteiger charge is 2.27. The van der Waals surface area contributed by atoms with Crippen LogP contribution >= 0.6 is 0 Å². The first-order valence-electron chi connectivity index (χ1n) is 10.0. The van der Waals surface area contributed by atoms with Crippen LogP contribution in [0.1, 0.15) is 23.4 Å². The topological polar surface area (TPSA) is 74.3 Å². The second-order valence-corrected chi connectivity index (χ2v) is 7.08. The summed E-state index contributed by atoms with van der Waals surface area (Å²) in [4.78, 5) is 12.1. The third-order valence-corrected chi connectivity index (χ3v) is 4.56. The van der Waals surface area contributed by atoms with E-state index in [9.17, 15) is 13.2 Å². The van der Waals surface area contributed by atoms with Gasteiger partial charge in [0.15, 0.2) is 5.96 Å². The van der Waals surface area contributed by atoms with Gasteiger partial charge in [0.1, 0.15) is 12.4 Å². The number of H-pyrrole nitrogens is 1. The highest BCUT2D eigenvalue weighted by Crippen LogP contribution is 2.16. The number of hydrogen-bond donors (Lipinski definition) is 3. The van der Waals surface area contributed by atoms with Crippen LogP contribution in [0.5, 0.6) is 0 Å². The van der Waals surface area contributed by atoms with Crippen LogP contribution in [0.4, 0.5) is 13.2 Å².